The first-order valence-electron chi connectivity index (χ1n) is 24.4. The minimum atomic E-state index is -0.307. The summed E-state index contributed by atoms with van der Waals surface area (Å²) in [5, 5.41) is 3.15. The SMILES string of the molecule is [2H]c1c([2H])c([2H])c2c(oc3cccc(-c4ccc(-c5cc6c(c7oc8c(-c9ccc(N(c%10ccccc%10)c%10ccc(-c%11ccccc%11)cc%10)cc9)cccc8c57)-c5ccccc5C6(C)C)cc4)c32)c1[2H]. The second-order valence-corrected chi connectivity index (χ2v) is 17.7. The third-order valence-electron chi connectivity index (χ3n) is 13.6. The molecule has 2 aromatic heterocycles. The molecule has 0 fully saturated rings. The maximum absolute atomic E-state index is 8.83. The molecular formula is C63H43NO2. The summed E-state index contributed by atoms with van der Waals surface area (Å²) in [5.74, 6) is 0. The molecule has 13 rings (SSSR count). The summed E-state index contributed by atoms with van der Waals surface area (Å²) in [5.41, 5.74) is 18.4. The van der Waals surface area contributed by atoms with Crippen LogP contribution >= 0.6 is 0 Å². The Kier molecular flexibility index (Phi) is 7.66. The smallest absolute Gasteiger partial charge is 0.144 e. The van der Waals surface area contributed by atoms with E-state index >= 15 is 0 Å². The summed E-state index contributed by atoms with van der Waals surface area (Å²) in [6.07, 6.45) is 0. The van der Waals surface area contributed by atoms with Gasteiger partial charge in [-0.2, -0.15) is 0 Å². The summed E-state index contributed by atoms with van der Waals surface area (Å²) >= 11 is 0. The summed E-state index contributed by atoms with van der Waals surface area (Å²) in [6, 6.07) is 69.4. The average molecular weight is 850 g/mol. The maximum Gasteiger partial charge on any atom is 0.144 e. The molecule has 1 aliphatic rings. The molecule has 0 unspecified atom stereocenters. The van der Waals surface area contributed by atoms with Gasteiger partial charge in [-0.15, -0.1) is 0 Å². The predicted octanol–water partition coefficient (Wildman–Crippen LogP) is 17.9. The molecular weight excluding hydrogens is 803 g/mol. The van der Waals surface area contributed by atoms with Crippen molar-refractivity contribution in [1.82, 2.24) is 0 Å². The Hall–Kier alpha value is -8.40. The Labute approximate surface area is 389 Å². The van der Waals surface area contributed by atoms with Gasteiger partial charge in [-0.25, -0.2) is 0 Å². The molecule has 0 amide bonds. The van der Waals surface area contributed by atoms with E-state index in [1.165, 1.54) is 27.8 Å². The lowest BCUT2D eigenvalue weighted by Crippen LogP contribution is -2.15. The number of hydrogen-bond donors (Lipinski definition) is 0. The van der Waals surface area contributed by atoms with E-state index in [0.717, 1.165) is 77.9 Å². The quantitative estimate of drug-likeness (QED) is 0.160. The lowest BCUT2D eigenvalue weighted by Gasteiger charge is -2.26. The van der Waals surface area contributed by atoms with Crippen LogP contribution in [0.3, 0.4) is 0 Å². The van der Waals surface area contributed by atoms with Gasteiger partial charge >= 0.3 is 0 Å². The summed E-state index contributed by atoms with van der Waals surface area (Å²) in [6.45, 7) is 4.60. The molecule has 0 N–H and O–H groups in total. The van der Waals surface area contributed by atoms with Gasteiger partial charge in [0.1, 0.15) is 22.3 Å². The fourth-order valence-corrected chi connectivity index (χ4v) is 10.4. The van der Waals surface area contributed by atoms with E-state index in [1.807, 2.05) is 30.3 Å². The highest BCUT2D eigenvalue weighted by Crippen LogP contribution is 2.55. The van der Waals surface area contributed by atoms with Crippen LogP contribution in [0.4, 0.5) is 17.1 Å². The molecule has 66 heavy (non-hydrogen) atoms. The van der Waals surface area contributed by atoms with Crippen LogP contribution in [-0.4, -0.2) is 0 Å². The number of rotatable bonds is 7. The van der Waals surface area contributed by atoms with Crippen molar-refractivity contribution in [2.75, 3.05) is 4.90 Å². The number of para-hydroxylation sites is 3. The average Bonchev–Trinajstić information content (AvgIpc) is 4.07. The molecule has 10 aromatic carbocycles. The van der Waals surface area contributed by atoms with Crippen molar-refractivity contribution in [3.05, 3.63) is 235 Å². The van der Waals surface area contributed by atoms with Gasteiger partial charge in [-0.05, 0) is 110 Å². The van der Waals surface area contributed by atoms with E-state index in [4.69, 9.17) is 14.3 Å². The van der Waals surface area contributed by atoms with Crippen LogP contribution in [0.5, 0.6) is 0 Å². The second-order valence-electron chi connectivity index (χ2n) is 17.7. The van der Waals surface area contributed by atoms with Crippen LogP contribution in [0.2, 0.25) is 0 Å². The Balaban J connectivity index is 0.950. The Morgan fingerprint density at radius 1 is 0.394 bits per heavy atom. The van der Waals surface area contributed by atoms with Gasteiger partial charge in [-0.1, -0.05) is 184 Å². The lowest BCUT2D eigenvalue weighted by atomic mass is 9.81. The van der Waals surface area contributed by atoms with E-state index in [0.29, 0.717) is 16.4 Å². The number of benzene rings is 10. The number of fused-ring (bicyclic) bond motifs is 10. The van der Waals surface area contributed by atoms with Gasteiger partial charge in [0, 0.05) is 55.1 Å². The van der Waals surface area contributed by atoms with Gasteiger partial charge in [0.15, 0.2) is 0 Å². The van der Waals surface area contributed by atoms with E-state index in [-0.39, 0.29) is 35.2 Å². The Bertz CT molecular complexity index is 4040. The van der Waals surface area contributed by atoms with Crippen molar-refractivity contribution in [3.63, 3.8) is 0 Å². The van der Waals surface area contributed by atoms with Gasteiger partial charge < -0.3 is 13.7 Å². The molecule has 3 nitrogen and oxygen atoms in total. The molecule has 2 heterocycles. The highest BCUT2D eigenvalue weighted by molar-refractivity contribution is 6.20. The van der Waals surface area contributed by atoms with Crippen molar-refractivity contribution in [1.29, 1.82) is 0 Å². The van der Waals surface area contributed by atoms with Gasteiger partial charge in [-0.3, -0.25) is 0 Å². The largest absolute Gasteiger partial charge is 0.456 e. The number of furan rings is 2. The summed E-state index contributed by atoms with van der Waals surface area (Å²) in [4.78, 5) is 2.29. The monoisotopic (exact) mass is 849 g/mol. The van der Waals surface area contributed by atoms with Crippen molar-refractivity contribution in [2.45, 2.75) is 19.3 Å². The highest BCUT2D eigenvalue weighted by Gasteiger charge is 2.39. The molecule has 0 atom stereocenters. The topological polar surface area (TPSA) is 29.5 Å². The van der Waals surface area contributed by atoms with Crippen molar-refractivity contribution in [3.8, 4) is 55.6 Å². The van der Waals surface area contributed by atoms with Crippen LogP contribution < -0.4 is 4.90 Å². The van der Waals surface area contributed by atoms with Crippen LogP contribution in [0, 0.1) is 0 Å². The second kappa shape index (κ2) is 14.8. The van der Waals surface area contributed by atoms with Crippen molar-refractivity contribution < 1.29 is 14.3 Å². The molecule has 312 valence electrons. The molecule has 0 radical (unpaired) electrons. The minimum absolute atomic E-state index is 0.107. The Morgan fingerprint density at radius 3 is 1.71 bits per heavy atom. The molecule has 0 saturated heterocycles. The van der Waals surface area contributed by atoms with E-state index in [1.54, 1.807) is 0 Å². The predicted molar refractivity (Wildman–Crippen MR) is 275 cm³/mol. The highest BCUT2D eigenvalue weighted by atomic mass is 16.3. The van der Waals surface area contributed by atoms with Crippen molar-refractivity contribution in [2.24, 2.45) is 0 Å². The first kappa shape index (κ1) is 34.1. The third kappa shape index (κ3) is 5.90. The Morgan fingerprint density at radius 2 is 0.955 bits per heavy atom. The van der Waals surface area contributed by atoms with Gasteiger partial charge in [0.05, 0.1) is 5.48 Å². The molecule has 3 heteroatoms. The van der Waals surface area contributed by atoms with Gasteiger partial charge in [0.2, 0.25) is 0 Å². The number of nitrogens with zero attached hydrogens (tertiary/aromatic N) is 1. The molecule has 0 bridgehead atoms. The van der Waals surface area contributed by atoms with Crippen LogP contribution in [0.25, 0.3) is 99.5 Å². The molecule has 0 spiro atoms. The van der Waals surface area contributed by atoms with Gasteiger partial charge in [0.25, 0.3) is 0 Å². The molecule has 0 aliphatic heterocycles. The maximum atomic E-state index is 8.83. The normalized spacial score (nSPS) is 13.7. The zero-order valence-electron chi connectivity index (χ0n) is 40.3. The van der Waals surface area contributed by atoms with E-state index in [9.17, 15) is 0 Å². The lowest BCUT2D eigenvalue weighted by molar-refractivity contribution is 0.654. The van der Waals surface area contributed by atoms with Crippen LogP contribution in [0.15, 0.2) is 233 Å². The van der Waals surface area contributed by atoms with Crippen LogP contribution in [0.1, 0.15) is 30.5 Å². The molecule has 12 aromatic rings. The van der Waals surface area contributed by atoms with Crippen molar-refractivity contribution >= 4 is 60.9 Å². The zero-order valence-corrected chi connectivity index (χ0v) is 36.3. The first-order valence-corrected chi connectivity index (χ1v) is 22.4. The first-order chi connectivity index (χ1) is 34.2. The van der Waals surface area contributed by atoms with Crippen LogP contribution in [-0.2, 0) is 5.41 Å². The van der Waals surface area contributed by atoms with E-state index in [2.05, 4.69) is 189 Å². The zero-order chi connectivity index (χ0) is 47.4. The fourth-order valence-electron chi connectivity index (χ4n) is 10.4. The molecule has 0 saturated carbocycles. The number of anilines is 3. The fraction of sp³-hybridized carbons (Fsp3) is 0.0476. The minimum Gasteiger partial charge on any atom is -0.456 e. The third-order valence-corrected chi connectivity index (χ3v) is 13.6. The summed E-state index contributed by atoms with van der Waals surface area (Å²) < 4.78 is 47.5. The molecule has 1 aliphatic carbocycles. The summed E-state index contributed by atoms with van der Waals surface area (Å²) in [7, 11) is 0. The standard InChI is InChI=1S/C63H43NO2/c1-63(2)54-24-11-9-19-50(54)60-55(63)39-53(44-29-27-42(28-30-44)48-21-14-26-57-58(48)51-20-10-12-25-56(51)65-57)59-52-23-13-22-49(61(52)66-62(59)60)43-33-37-47(38-34-43)64(45-17-7-4-8-18-45)46-35-31-41(32-36-46)40-15-5-3-6-16-40/h3-39H,1-2H3/i10D,12D,20D,25D. The number of hydrogen-bond acceptors (Lipinski definition) is 3. The van der Waals surface area contributed by atoms with E-state index < -0.39 is 0 Å².